The standard InChI is InChI=1S/C30H22ClF2N5O4/c1-2-10-36-30(41)25-15-19(9-12-34-25)42-26-8-5-17(13-24(26)33)37-29(40)21-16-38(18-6-7-23(32)22(31)14-18)28-20(27(21)39)4-3-11-35-28/h3-9,11-16H,2,10H2,1H3,(H,36,41)(H,37,40). The molecule has 5 rings (SSSR count). The van der Waals surface area contributed by atoms with Crippen LogP contribution in [-0.4, -0.2) is 32.9 Å². The summed E-state index contributed by atoms with van der Waals surface area (Å²) in [5.41, 5.74) is -0.0878. The fourth-order valence-corrected chi connectivity index (χ4v) is 4.24. The summed E-state index contributed by atoms with van der Waals surface area (Å²) in [5.74, 6) is -2.60. The topological polar surface area (TPSA) is 115 Å². The molecule has 0 atom stereocenters. The maximum Gasteiger partial charge on any atom is 0.270 e. The molecule has 0 saturated carbocycles. The lowest BCUT2D eigenvalue weighted by molar-refractivity contribution is 0.0947. The van der Waals surface area contributed by atoms with Crippen LogP contribution in [0.15, 0.2) is 84.0 Å². The minimum absolute atomic E-state index is 0.0567. The van der Waals surface area contributed by atoms with Gasteiger partial charge in [0.15, 0.2) is 11.6 Å². The molecule has 9 nitrogen and oxygen atoms in total. The molecule has 0 saturated heterocycles. The van der Waals surface area contributed by atoms with E-state index in [1.165, 1.54) is 65.6 Å². The van der Waals surface area contributed by atoms with E-state index in [1.807, 2.05) is 6.92 Å². The molecule has 3 aromatic heterocycles. The van der Waals surface area contributed by atoms with Crippen molar-refractivity contribution >= 4 is 40.1 Å². The molecule has 12 heteroatoms. The first-order chi connectivity index (χ1) is 20.2. The number of nitrogens with zero attached hydrogens (tertiary/aromatic N) is 3. The summed E-state index contributed by atoms with van der Waals surface area (Å²) < 4.78 is 35.8. The maximum atomic E-state index is 15.0. The summed E-state index contributed by atoms with van der Waals surface area (Å²) in [4.78, 5) is 46.8. The third kappa shape index (κ3) is 5.96. The van der Waals surface area contributed by atoms with E-state index in [2.05, 4.69) is 20.6 Å². The molecule has 42 heavy (non-hydrogen) atoms. The molecule has 2 N–H and O–H groups in total. The molecule has 0 radical (unpaired) electrons. The number of carbonyl (C=O) groups excluding carboxylic acids is 2. The minimum Gasteiger partial charge on any atom is -0.454 e. The van der Waals surface area contributed by atoms with Gasteiger partial charge < -0.3 is 19.9 Å². The normalized spacial score (nSPS) is 10.9. The zero-order chi connectivity index (χ0) is 29.8. The Morgan fingerprint density at radius 1 is 0.976 bits per heavy atom. The monoisotopic (exact) mass is 589 g/mol. The van der Waals surface area contributed by atoms with Gasteiger partial charge in [0.25, 0.3) is 11.8 Å². The Morgan fingerprint density at radius 2 is 1.81 bits per heavy atom. The summed E-state index contributed by atoms with van der Waals surface area (Å²) in [5, 5.41) is 5.21. The number of carbonyl (C=O) groups is 2. The lowest BCUT2D eigenvalue weighted by Crippen LogP contribution is -2.24. The molecule has 0 fully saturated rings. The van der Waals surface area contributed by atoms with E-state index in [-0.39, 0.29) is 50.4 Å². The van der Waals surface area contributed by atoms with Gasteiger partial charge in [-0.1, -0.05) is 18.5 Å². The van der Waals surface area contributed by atoms with Crippen LogP contribution in [0.3, 0.4) is 0 Å². The van der Waals surface area contributed by atoms with Gasteiger partial charge in [-0.3, -0.25) is 19.4 Å². The second-order valence-corrected chi connectivity index (χ2v) is 9.46. The fraction of sp³-hybridized carbons (Fsp3) is 0.100. The molecule has 0 aliphatic rings. The van der Waals surface area contributed by atoms with Crippen LogP contribution in [0.2, 0.25) is 5.02 Å². The number of hydrogen-bond acceptors (Lipinski definition) is 6. The van der Waals surface area contributed by atoms with Crippen LogP contribution in [0, 0.1) is 11.6 Å². The highest BCUT2D eigenvalue weighted by molar-refractivity contribution is 6.30. The van der Waals surface area contributed by atoms with Crippen molar-refractivity contribution in [2.24, 2.45) is 0 Å². The average Bonchev–Trinajstić information content (AvgIpc) is 2.99. The largest absolute Gasteiger partial charge is 0.454 e. The van der Waals surface area contributed by atoms with Gasteiger partial charge in [0.05, 0.1) is 10.4 Å². The number of ether oxygens (including phenoxy) is 1. The van der Waals surface area contributed by atoms with Crippen LogP contribution in [0.1, 0.15) is 34.2 Å². The van der Waals surface area contributed by atoms with Crippen molar-refractivity contribution in [3.05, 3.63) is 117 Å². The molecule has 2 amide bonds. The number of benzene rings is 2. The molecule has 0 aliphatic carbocycles. The van der Waals surface area contributed by atoms with Crippen molar-refractivity contribution in [2.45, 2.75) is 13.3 Å². The van der Waals surface area contributed by atoms with Crippen LogP contribution < -0.4 is 20.8 Å². The first kappa shape index (κ1) is 28.4. The van der Waals surface area contributed by atoms with Gasteiger partial charge in [-0.25, -0.2) is 13.8 Å². The fourth-order valence-electron chi connectivity index (χ4n) is 4.07. The maximum absolute atomic E-state index is 15.0. The number of nitrogens with one attached hydrogen (secondary N) is 2. The molecule has 0 bridgehead atoms. The Labute approximate surface area is 242 Å². The number of pyridine rings is 3. The zero-order valence-corrected chi connectivity index (χ0v) is 22.8. The average molecular weight is 590 g/mol. The Bertz CT molecular complexity index is 1900. The highest BCUT2D eigenvalue weighted by Crippen LogP contribution is 2.27. The van der Waals surface area contributed by atoms with E-state index in [4.69, 9.17) is 16.3 Å². The predicted octanol–water partition coefficient (Wildman–Crippen LogP) is 5.90. The summed E-state index contributed by atoms with van der Waals surface area (Å²) in [7, 11) is 0. The van der Waals surface area contributed by atoms with Crippen molar-refractivity contribution in [2.75, 3.05) is 11.9 Å². The predicted molar refractivity (Wildman–Crippen MR) is 154 cm³/mol. The zero-order valence-electron chi connectivity index (χ0n) is 22.0. The molecule has 212 valence electrons. The quantitative estimate of drug-likeness (QED) is 0.233. The van der Waals surface area contributed by atoms with Gasteiger partial charge >= 0.3 is 0 Å². The van der Waals surface area contributed by atoms with Gasteiger partial charge in [-0.05, 0) is 55.0 Å². The van der Waals surface area contributed by atoms with Gasteiger partial charge in [0, 0.05) is 48.6 Å². The Hall–Kier alpha value is -5.16. The Balaban J connectivity index is 1.40. The lowest BCUT2D eigenvalue weighted by atomic mass is 10.1. The van der Waals surface area contributed by atoms with Crippen molar-refractivity contribution in [1.29, 1.82) is 0 Å². The number of halogens is 3. The molecule has 0 spiro atoms. The summed E-state index contributed by atoms with van der Waals surface area (Å²) >= 11 is 5.96. The van der Waals surface area contributed by atoms with Gasteiger partial charge in [0.2, 0.25) is 5.43 Å². The highest BCUT2D eigenvalue weighted by Gasteiger charge is 2.19. The van der Waals surface area contributed by atoms with E-state index >= 15 is 0 Å². The van der Waals surface area contributed by atoms with Crippen LogP contribution >= 0.6 is 11.6 Å². The smallest absolute Gasteiger partial charge is 0.270 e. The van der Waals surface area contributed by atoms with Gasteiger partial charge in [-0.2, -0.15) is 0 Å². The molecular weight excluding hydrogens is 568 g/mol. The number of fused-ring (bicyclic) bond motifs is 1. The Morgan fingerprint density at radius 3 is 2.57 bits per heavy atom. The molecule has 2 aromatic carbocycles. The molecule has 0 unspecified atom stereocenters. The van der Waals surface area contributed by atoms with Crippen molar-refractivity contribution < 1.29 is 23.1 Å². The molecule has 3 heterocycles. The Kier molecular flexibility index (Phi) is 8.21. The van der Waals surface area contributed by atoms with Crippen molar-refractivity contribution in [1.82, 2.24) is 19.9 Å². The molecule has 0 aliphatic heterocycles. The van der Waals surface area contributed by atoms with Crippen LogP contribution in [-0.2, 0) is 0 Å². The second kappa shape index (κ2) is 12.1. The molecule has 5 aromatic rings. The van der Waals surface area contributed by atoms with Crippen molar-refractivity contribution in [3.8, 4) is 17.2 Å². The van der Waals surface area contributed by atoms with E-state index in [0.717, 1.165) is 18.6 Å². The number of rotatable bonds is 8. The van der Waals surface area contributed by atoms with E-state index in [0.29, 0.717) is 12.2 Å². The first-order valence-corrected chi connectivity index (χ1v) is 13.1. The number of anilines is 1. The van der Waals surface area contributed by atoms with Gasteiger partial charge in [0.1, 0.15) is 28.5 Å². The summed E-state index contributed by atoms with van der Waals surface area (Å²) in [6.45, 7) is 2.40. The minimum atomic E-state index is -0.808. The SMILES string of the molecule is CCCNC(=O)c1cc(Oc2ccc(NC(=O)c3cn(-c4ccc(F)c(Cl)c4)c4ncccc4c3=O)cc2F)ccn1. The molecular formula is C30H22ClF2N5O4. The summed E-state index contributed by atoms with van der Waals surface area (Å²) in [6.07, 6.45) is 4.87. The van der Waals surface area contributed by atoms with Crippen LogP contribution in [0.25, 0.3) is 16.7 Å². The second-order valence-electron chi connectivity index (χ2n) is 9.05. The van der Waals surface area contributed by atoms with Crippen molar-refractivity contribution in [3.63, 3.8) is 0 Å². The van der Waals surface area contributed by atoms with E-state index < -0.39 is 23.0 Å². The number of amides is 2. The summed E-state index contributed by atoms with van der Waals surface area (Å²) in [6, 6.07) is 13.6. The van der Waals surface area contributed by atoms with E-state index in [1.54, 1.807) is 6.07 Å². The third-order valence-electron chi connectivity index (χ3n) is 6.11. The van der Waals surface area contributed by atoms with Crippen LogP contribution in [0.5, 0.6) is 11.5 Å². The number of aromatic nitrogens is 3. The number of hydrogen-bond donors (Lipinski definition) is 2. The lowest BCUT2D eigenvalue weighted by Gasteiger charge is -2.14. The van der Waals surface area contributed by atoms with Gasteiger partial charge in [-0.15, -0.1) is 0 Å². The first-order valence-electron chi connectivity index (χ1n) is 12.7. The highest BCUT2D eigenvalue weighted by atomic mass is 35.5. The van der Waals surface area contributed by atoms with E-state index in [9.17, 15) is 23.2 Å². The van der Waals surface area contributed by atoms with Crippen LogP contribution in [0.4, 0.5) is 14.5 Å². The third-order valence-corrected chi connectivity index (χ3v) is 6.40.